The van der Waals surface area contributed by atoms with Gasteiger partial charge in [-0.05, 0) is 31.4 Å². The highest BCUT2D eigenvalue weighted by molar-refractivity contribution is 7.99. The van der Waals surface area contributed by atoms with Gasteiger partial charge in [-0.1, -0.05) is 33.6 Å². The Labute approximate surface area is 124 Å². The molecule has 0 aromatic carbocycles. The van der Waals surface area contributed by atoms with Crippen LogP contribution in [0.25, 0.3) is 0 Å². The molecule has 112 valence electrons. The van der Waals surface area contributed by atoms with E-state index in [4.69, 9.17) is 0 Å². The molecule has 0 radical (unpaired) electrons. The van der Waals surface area contributed by atoms with Crippen LogP contribution in [0.1, 0.15) is 59.3 Å². The lowest BCUT2D eigenvalue weighted by molar-refractivity contribution is 0.00491. The van der Waals surface area contributed by atoms with Crippen molar-refractivity contribution in [3.05, 3.63) is 0 Å². The van der Waals surface area contributed by atoms with E-state index in [0.29, 0.717) is 11.1 Å². The van der Waals surface area contributed by atoms with E-state index < -0.39 is 0 Å². The van der Waals surface area contributed by atoms with Crippen LogP contribution in [0, 0.1) is 0 Å². The fourth-order valence-corrected chi connectivity index (χ4v) is 4.66. The van der Waals surface area contributed by atoms with Crippen molar-refractivity contribution in [1.29, 1.82) is 0 Å². The monoisotopic (exact) mass is 284 g/mol. The summed E-state index contributed by atoms with van der Waals surface area (Å²) in [6.45, 7) is 10.8. The van der Waals surface area contributed by atoms with Crippen LogP contribution in [0.5, 0.6) is 0 Å². The average molecular weight is 285 g/mol. The fourth-order valence-electron chi connectivity index (χ4n) is 4.02. The van der Waals surface area contributed by atoms with E-state index in [2.05, 4.69) is 42.7 Å². The van der Waals surface area contributed by atoms with Crippen molar-refractivity contribution in [1.82, 2.24) is 10.2 Å². The van der Waals surface area contributed by atoms with Gasteiger partial charge in [-0.25, -0.2) is 0 Å². The van der Waals surface area contributed by atoms with Crippen LogP contribution in [-0.4, -0.2) is 47.1 Å². The highest BCUT2D eigenvalue weighted by atomic mass is 32.2. The summed E-state index contributed by atoms with van der Waals surface area (Å²) in [5.41, 5.74) is 0.882. The lowest BCUT2D eigenvalue weighted by Crippen LogP contribution is -2.69. The number of nitrogens with one attached hydrogen (secondary N) is 1. The Balaban J connectivity index is 2.04. The molecule has 2 fully saturated rings. The summed E-state index contributed by atoms with van der Waals surface area (Å²) in [6.07, 6.45) is 8.21. The first kappa shape index (κ1) is 15.7. The lowest BCUT2D eigenvalue weighted by Gasteiger charge is -2.54. The van der Waals surface area contributed by atoms with Crippen LogP contribution in [0.2, 0.25) is 0 Å². The Kier molecular flexibility index (Phi) is 5.62. The molecule has 1 saturated heterocycles. The molecule has 19 heavy (non-hydrogen) atoms. The molecule has 2 nitrogen and oxygen atoms in total. The summed E-state index contributed by atoms with van der Waals surface area (Å²) in [6, 6.07) is 0. The Hall–Kier alpha value is 0.270. The summed E-state index contributed by atoms with van der Waals surface area (Å²) in [4.78, 5) is 2.84. The predicted octanol–water partition coefficient (Wildman–Crippen LogP) is 3.52. The van der Waals surface area contributed by atoms with Crippen molar-refractivity contribution in [3.8, 4) is 0 Å². The van der Waals surface area contributed by atoms with Gasteiger partial charge in [0.2, 0.25) is 0 Å². The van der Waals surface area contributed by atoms with E-state index in [9.17, 15) is 0 Å². The van der Waals surface area contributed by atoms with Gasteiger partial charge in [0, 0.05) is 36.5 Å². The lowest BCUT2D eigenvalue weighted by atomic mass is 9.82. The van der Waals surface area contributed by atoms with Crippen molar-refractivity contribution >= 4 is 11.8 Å². The molecule has 1 saturated carbocycles. The number of piperazine rings is 1. The third-order valence-corrected chi connectivity index (χ3v) is 6.42. The largest absolute Gasteiger partial charge is 0.308 e. The Morgan fingerprint density at radius 1 is 1.11 bits per heavy atom. The number of hydrogen-bond donors (Lipinski definition) is 1. The summed E-state index contributed by atoms with van der Waals surface area (Å²) in [5.74, 6) is 2.55. The molecule has 0 aromatic rings. The molecule has 2 aliphatic rings. The molecule has 0 aromatic heterocycles. The average Bonchev–Trinajstić information content (AvgIpc) is 2.89. The normalized spacial score (nSPS) is 26.1. The maximum Gasteiger partial charge on any atom is 0.0330 e. The first-order chi connectivity index (χ1) is 9.20. The first-order valence-electron chi connectivity index (χ1n) is 8.28. The smallest absolute Gasteiger partial charge is 0.0330 e. The van der Waals surface area contributed by atoms with Gasteiger partial charge in [-0.3, -0.25) is 4.90 Å². The summed E-state index contributed by atoms with van der Waals surface area (Å²) < 4.78 is 0. The molecule has 2 rings (SSSR count). The Morgan fingerprint density at radius 3 is 2.37 bits per heavy atom. The zero-order valence-electron chi connectivity index (χ0n) is 13.1. The second-order valence-corrected chi connectivity index (χ2v) is 7.78. The molecule has 1 heterocycles. The molecule has 0 atom stereocenters. The van der Waals surface area contributed by atoms with E-state index in [0.717, 1.165) is 0 Å². The zero-order chi connectivity index (χ0) is 13.8. The highest BCUT2D eigenvalue weighted by Gasteiger charge is 2.46. The second kappa shape index (κ2) is 6.82. The molecule has 0 amide bonds. The van der Waals surface area contributed by atoms with Gasteiger partial charge < -0.3 is 5.32 Å². The van der Waals surface area contributed by atoms with Gasteiger partial charge in [-0.2, -0.15) is 11.8 Å². The number of nitrogens with zero attached hydrogens (tertiary/aromatic N) is 1. The molecule has 0 unspecified atom stereocenters. The molecule has 1 aliphatic heterocycles. The predicted molar refractivity (Wildman–Crippen MR) is 87.1 cm³/mol. The van der Waals surface area contributed by atoms with E-state index in [1.807, 2.05) is 0 Å². The number of thioether (sulfide) groups is 1. The standard InChI is InChI=1S/C16H32N2S/c1-4-16(5-2)13-17-15(9-7-8-10-15)14-18(16)11-12-19-6-3/h17H,4-14H2,1-3H3. The first-order valence-corrected chi connectivity index (χ1v) is 9.43. The van der Waals surface area contributed by atoms with Crippen molar-refractivity contribution < 1.29 is 0 Å². The van der Waals surface area contributed by atoms with Crippen LogP contribution < -0.4 is 5.32 Å². The van der Waals surface area contributed by atoms with Crippen molar-refractivity contribution in [2.75, 3.05) is 31.1 Å². The van der Waals surface area contributed by atoms with Gasteiger partial charge in [0.05, 0.1) is 0 Å². The van der Waals surface area contributed by atoms with Crippen LogP contribution in [0.4, 0.5) is 0 Å². The Morgan fingerprint density at radius 2 is 1.79 bits per heavy atom. The van der Waals surface area contributed by atoms with Crippen molar-refractivity contribution in [2.45, 2.75) is 70.4 Å². The maximum absolute atomic E-state index is 3.96. The molecule has 0 bridgehead atoms. The van der Waals surface area contributed by atoms with Crippen LogP contribution in [-0.2, 0) is 0 Å². The van der Waals surface area contributed by atoms with E-state index >= 15 is 0 Å². The minimum atomic E-state index is 0.419. The zero-order valence-corrected chi connectivity index (χ0v) is 14.0. The van der Waals surface area contributed by atoms with Gasteiger partial charge in [0.1, 0.15) is 0 Å². The van der Waals surface area contributed by atoms with Gasteiger partial charge in [0.15, 0.2) is 0 Å². The second-order valence-electron chi connectivity index (χ2n) is 6.39. The van der Waals surface area contributed by atoms with E-state index in [1.165, 1.54) is 69.7 Å². The topological polar surface area (TPSA) is 15.3 Å². The maximum atomic E-state index is 3.96. The molecule has 1 spiro atoms. The Bertz CT molecular complexity index is 270. The highest BCUT2D eigenvalue weighted by Crippen LogP contribution is 2.38. The molecule has 1 N–H and O–H groups in total. The fraction of sp³-hybridized carbons (Fsp3) is 1.00. The third kappa shape index (κ3) is 3.30. The van der Waals surface area contributed by atoms with Gasteiger partial charge in [-0.15, -0.1) is 0 Å². The summed E-state index contributed by atoms with van der Waals surface area (Å²) in [7, 11) is 0. The minimum absolute atomic E-state index is 0.419. The molecular formula is C16H32N2S. The van der Waals surface area contributed by atoms with E-state index in [1.54, 1.807) is 0 Å². The number of hydrogen-bond acceptors (Lipinski definition) is 3. The van der Waals surface area contributed by atoms with Crippen molar-refractivity contribution in [2.24, 2.45) is 0 Å². The van der Waals surface area contributed by atoms with Crippen LogP contribution in [0.3, 0.4) is 0 Å². The van der Waals surface area contributed by atoms with Gasteiger partial charge in [0.25, 0.3) is 0 Å². The third-order valence-electron chi connectivity index (χ3n) is 5.54. The van der Waals surface area contributed by atoms with Crippen molar-refractivity contribution in [3.63, 3.8) is 0 Å². The quantitative estimate of drug-likeness (QED) is 0.751. The number of rotatable bonds is 6. The molecule has 1 aliphatic carbocycles. The molecule has 3 heteroatoms. The SMILES string of the molecule is CCSCCN1CC2(CCCC2)NCC1(CC)CC. The van der Waals surface area contributed by atoms with E-state index in [-0.39, 0.29) is 0 Å². The minimum Gasteiger partial charge on any atom is -0.308 e. The van der Waals surface area contributed by atoms with Crippen LogP contribution >= 0.6 is 11.8 Å². The molecular weight excluding hydrogens is 252 g/mol. The summed E-state index contributed by atoms with van der Waals surface area (Å²) in [5, 5.41) is 3.96. The van der Waals surface area contributed by atoms with Crippen LogP contribution in [0.15, 0.2) is 0 Å². The van der Waals surface area contributed by atoms with Gasteiger partial charge >= 0.3 is 0 Å². The summed E-state index contributed by atoms with van der Waals surface area (Å²) >= 11 is 2.09.